The third kappa shape index (κ3) is 2.96. The first-order valence-electron chi connectivity index (χ1n) is 6.71. The van der Waals surface area contributed by atoms with E-state index in [1.165, 1.54) is 5.56 Å². The summed E-state index contributed by atoms with van der Waals surface area (Å²) in [4.78, 5) is 17.1. The van der Waals surface area contributed by atoms with Crippen molar-refractivity contribution < 1.29 is 9.90 Å². The first-order valence-corrected chi connectivity index (χ1v) is 7.94. The van der Waals surface area contributed by atoms with Crippen molar-refractivity contribution in [2.75, 3.05) is 25.9 Å². The molecule has 3 heterocycles. The molecule has 0 aromatic carbocycles. The number of carboxylic acid groups (broad SMARTS) is 1. The van der Waals surface area contributed by atoms with Crippen LogP contribution >= 0.6 is 11.8 Å². The Kier molecular flexibility index (Phi) is 3.98. The average molecular weight is 307 g/mol. The van der Waals surface area contributed by atoms with E-state index in [2.05, 4.69) is 26.4 Å². The highest BCUT2D eigenvalue weighted by Gasteiger charge is 2.27. The Morgan fingerprint density at radius 3 is 3.10 bits per heavy atom. The molecule has 1 fully saturated rings. The number of rotatable bonds is 5. The minimum atomic E-state index is -0.950. The lowest BCUT2D eigenvalue weighted by atomic mass is 9.99. The third-order valence-corrected chi connectivity index (χ3v) is 4.35. The zero-order valence-corrected chi connectivity index (χ0v) is 12.5. The van der Waals surface area contributed by atoms with Gasteiger partial charge < -0.3 is 10.4 Å². The molecular formula is C13H17N5O2S. The monoisotopic (exact) mass is 307 g/mol. The first kappa shape index (κ1) is 14.2. The number of carbonyl (C=O) groups is 1. The Morgan fingerprint density at radius 2 is 2.38 bits per heavy atom. The van der Waals surface area contributed by atoms with Gasteiger partial charge in [-0.25, -0.2) is 14.3 Å². The maximum absolute atomic E-state index is 10.5. The second kappa shape index (κ2) is 5.90. The Hall–Kier alpha value is -1.80. The van der Waals surface area contributed by atoms with E-state index in [0.29, 0.717) is 12.5 Å². The number of thioether (sulfide) groups is 1. The van der Waals surface area contributed by atoms with Crippen molar-refractivity contribution >= 4 is 23.4 Å². The first-order chi connectivity index (χ1) is 10.2. The molecule has 3 rings (SSSR count). The molecule has 1 amide bonds. The van der Waals surface area contributed by atoms with Gasteiger partial charge in [-0.05, 0) is 17.9 Å². The van der Waals surface area contributed by atoms with Crippen LogP contribution in [0.5, 0.6) is 0 Å². The van der Waals surface area contributed by atoms with Gasteiger partial charge in [0.05, 0.1) is 0 Å². The summed E-state index contributed by atoms with van der Waals surface area (Å²) in [6, 6.07) is 2.08. The van der Waals surface area contributed by atoms with E-state index in [1.807, 2.05) is 17.0 Å². The number of amides is 1. The Balaban J connectivity index is 1.63. The Bertz CT molecular complexity index is 653. The number of fused-ring (bicyclic) bond motifs is 1. The van der Waals surface area contributed by atoms with E-state index in [-0.39, 0.29) is 0 Å². The lowest BCUT2D eigenvalue weighted by Crippen LogP contribution is -2.50. The molecule has 8 heteroatoms. The lowest BCUT2D eigenvalue weighted by Gasteiger charge is -2.39. The zero-order chi connectivity index (χ0) is 14.8. The van der Waals surface area contributed by atoms with Crippen LogP contribution in [0.2, 0.25) is 0 Å². The molecular weight excluding hydrogens is 290 g/mol. The van der Waals surface area contributed by atoms with E-state index < -0.39 is 6.09 Å². The van der Waals surface area contributed by atoms with Gasteiger partial charge in [-0.2, -0.15) is 5.10 Å². The SMILES string of the molecule is CSc1ncnn2ccc(CN3CC(CNC(=O)O)C3)c12. The smallest absolute Gasteiger partial charge is 0.404 e. The summed E-state index contributed by atoms with van der Waals surface area (Å²) in [5, 5.41) is 16.2. The highest BCUT2D eigenvalue weighted by atomic mass is 32.2. The minimum Gasteiger partial charge on any atom is -0.465 e. The molecule has 2 aromatic rings. The van der Waals surface area contributed by atoms with Crippen molar-refractivity contribution in [3.63, 3.8) is 0 Å². The summed E-state index contributed by atoms with van der Waals surface area (Å²) >= 11 is 1.62. The molecule has 0 atom stereocenters. The molecule has 1 saturated heterocycles. The number of nitrogens with zero attached hydrogens (tertiary/aromatic N) is 4. The number of likely N-dealkylation sites (tertiary alicyclic amines) is 1. The van der Waals surface area contributed by atoms with Gasteiger partial charge in [-0.15, -0.1) is 11.8 Å². The summed E-state index contributed by atoms with van der Waals surface area (Å²) in [6.07, 6.45) is 4.58. The van der Waals surface area contributed by atoms with E-state index in [0.717, 1.165) is 30.2 Å². The van der Waals surface area contributed by atoms with Gasteiger partial charge in [0.15, 0.2) is 0 Å². The van der Waals surface area contributed by atoms with Crippen LogP contribution in [0, 0.1) is 5.92 Å². The fourth-order valence-corrected chi connectivity index (χ4v) is 3.24. The van der Waals surface area contributed by atoms with Gasteiger partial charge in [0, 0.05) is 38.3 Å². The van der Waals surface area contributed by atoms with E-state index in [9.17, 15) is 4.79 Å². The van der Waals surface area contributed by atoms with Crippen molar-refractivity contribution in [2.24, 2.45) is 5.92 Å². The molecule has 0 radical (unpaired) electrons. The number of hydrogen-bond acceptors (Lipinski definition) is 5. The molecule has 0 unspecified atom stereocenters. The fourth-order valence-electron chi connectivity index (χ4n) is 2.67. The molecule has 0 saturated carbocycles. The highest BCUT2D eigenvalue weighted by molar-refractivity contribution is 7.98. The van der Waals surface area contributed by atoms with Crippen LogP contribution in [0.15, 0.2) is 23.6 Å². The lowest BCUT2D eigenvalue weighted by molar-refractivity contribution is 0.0911. The highest BCUT2D eigenvalue weighted by Crippen LogP contribution is 2.25. The predicted molar refractivity (Wildman–Crippen MR) is 79.6 cm³/mol. The van der Waals surface area contributed by atoms with Crippen LogP contribution < -0.4 is 5.32 Å². The molecule has 1 aliphatic heterocycles. The van der Waals surface area contributed by atoms with E-state index in [4.69, 9.17) is 5.11 Å². The number of nitrogens with one attached hydrogen (secondary N) is 1. The van der Waals surface area contributed by atoms with Crippen molar-refractivity contribution in [2.45, 2.75) is 11.6 Å². The number of aromatic nitrogens is 3. The molecule has 0 spiro atoms. The van der Waals surface area contributed by atoms with Crippen LogP contribution in [-0.4, -0.2) is 56.6 Å². The quantitative estimate of drug-likeness (QED) is 0.806. The average Bonchev–Trinajstić information content (AvgIpc) is 2.84. The topological polar surface area (TPSA) is 82.8 Å². The zero-order valence-electron chi connectivity index (χ0n) is 11.7. The second-order valence-corrected chi connectivity index (χ2v) is 5.94. The molecule has 2 N–H and O–H groups in total. The van der Waals surface area contributed by atoms with Gasteiger partial charge in [0.25, 0.3) is 0 Å². The van der Waals surface area contributed by atoms with Gasteiger partial charge in [0.2, 0.25) is 0 Å². The normalized spacial score (nSPS) is 16.0. The molecule has 21 heavy (non-hydrogen) atoms. The van der Waals surface area contributed by atoms with Gasteiger partial charge in [-0.3, -0.25) is 4.90 Å². The molecule has 0 bridgehead atoms. The standard InChI is InChI=1S/C13H17N5O2S/c1-21-12-11-10(2-3-18(11)16-8-15-12)7-17-5-9(6-17)4-14-13(19)20/h2-3,8-9,14H,4-7H2,1H3,(H,19,20). The molecule has 2 aromatic heterocycles. The fraction of sp³-hybridized carbons (Fsp3) is 0.462. The van der Waals surface area contributed by atoms with Crippen LogP contribution in [0.4, 0.5) is 4.79 Å². The Labute approximate surface area is 126 Å². The van der Waals surface area contributed by atoms with Crippen molar-refractivity contribution in [1.82, 2.24) is 24.8 Å². The van der Waals surface area contributed by atoms with Gasteiger partial charge in [0.1, 0.15) is 16.9 Å². The van der Waals surface area contributed by atoms with Crippen molar-refractivity contribution in [3.05, 3.63) is 24.2 Å². The largest absolute Gasteiger partial charge is 0.465 e. The van der Waals surface area contributed by atoms with Gasteiger partial charge in [-0.1, -0.05) is 0 Å². The van der Waals surface area contributed by atoms with Gasteiger partial charge >= 0.3 is 6.09 Å². The molecule has 7 nitrogen and oxygen atoms in total. The van der Waals surface area contributed by atoms with E-state index >= 15 is 0 Å². The molecule has 1 aliphatic rings. The summed E-state index contributed by atoms with van der Waals surface area (Å²) in [6.45, 7) is 3.21. The Morgan fingerprint density at radius 1 is 1.57 bits per heavy atom. The molecule has 112 valence electrons. The number of hydrogen-bond donors (Lipinski definition) is 2. The van der Waals surface area contributed by atoms with Crippen molar-refractivity contribution in [3.8, 4) is 0 Å². The summed E-state index contributed by atoms with van der Waals surface area (Å²) < 4.78 is 1.86. The second-order valence-electron chi connectivity index (χ2n) is 5.15. The van der Waals surface area contributed by atoms with Crippen molar-refractivity contribution in [1.29, 1.82) is 0 Å². The minimum absolute atomic E-state index is 0.409. The van der Waals surface area contributed by atoms with Crippen LogP contribution in [0.3, 0.4) is 0 Å². The van der Waals surface area contributed by atoms with E-state index in [1.54, 1.807) is 18.1 Å². The third-order valence-electron chi connectivity index (χ3n) is 3.67. The summed E-state index contributed by atoms with van der Waals surface area (Å²) in [5.41, 5.74) is 2.28. The predicted octanol–water partition coefficient (Wildman–Crippen LogP) is 1.15. The maximum atomic E-state index is 10.5. The van der Waals surface area contributed by atoms with Crippen LogP contribution in [-0.2, 0) is 6.54 Å². The summed E-state index contributed by atoms with van der Waals surface area (Å²) in [7, 11) is 0. The molecule has 0 aliphatic carbocycles. The summed E-state index contributed by atoms with van der Waals surface area (Å²) in [5.74, 6) is 0.409. The van der Waals surface area contributed by atoms with Crippen LogP contribution in [0.25, 0.3) is 5.52 Å². The van der Waals surface area contributed by atoms with Crippen LogP contribution in [0.1, 0.15) is 5.56 Å². The maximum Gasteiger partial charge on any atom is 0.404 e.